The first-order valence-corrected chi connectivity index (χ1v) is 9.10. The number of benzene rings is 1. The number of hydrogen-bond donors (Lipinski definition) is 1. The van der Waals surface area contributed by atoms with Crippen LogP contribution in [0.25, 0.3) is 0 Å². The lowest BCUT2D eigenvalue weighted by Gasteiger charge is -2.35. The molecule has 0 aromatic heterocycles. The highest BCUT2D eigenvalue weighted by Gasteiger charge is 2.55. The van der Waals surface area contributed by atoms with Gasteiger partial charge >= 0.3 is 6.03 Å². The zero-order chi connectivity index (χ0) is 19.8. The molecule has 0 bridgehead atoms. The zero-order valence-corrected chi connectivity index (χ0v) is 15.4. The van der Waals surface area contributed by atoms with Crippen LogP contribution in [-0.2, 0) is 9.59 Å². The van der Waals surface area contributed by atoms with Gasteiger partial charge in [-0.15, -0.1) is 0 Å². The highest BCUT2D eigenvalue weighted by atomic mass is 19.1. The summed E-state index contributed by atoms with van der Waals surface area (Å²) in [7, 11) is 1.60. The molecule has 1 aliphatic carbocycles. The summed E-state index contributed by atoms with van der Waals surface area (Å²) in [6.07, 6.45) is 3.96. The summed E-state index contributed by atoms with van der Waals surface area (Å²) >= 11 is 0. The number of nitrogens with one attached hydrogen (secondary N) is 1. The monoisotopic (exact) mass is 379 g/mol. The summed E-state index contributed by atoms with van der Waals surface area (Å²) in [4.78, 5) is 40.2. The Balaban J connectivity index is 1.68. The van der Waals surface area contributed by atoms with Crippen molar-refractivity contribution >= 4 is 17.8 Å². The standard InChI is InChI=1S/C19H23F2N3O3/c1-12(14-7-6-13(20)10-15(14)21)22-16(25)11-24-17(26)19(23(2)18(24)27)8-4-3-5-9-19/h6-7,10,12H,3-5,8-9,11H2,1-2H3,(H,22,25)/t12-/m0/s1. The quantitative estimate of drug-likeness (QED) is 0.818. The molecule has 1 heterocycles. The molecule has 1 atom stereocenters. The molecule has 6 nitrogen and oxygen atoms in total. The average Bonchev–Trinajstić information content (AvgIpc) is 2.78. The molecule has 3 rings (SSSR count). The molecular formula is C19H23F2N3O3. The van der Waals surface area contributed by atoms with Gasteiger partial charge in [-0.2, -0.15) is 0 Å². The van der Waals surface area contributed by atoms with E-state index >= 15 is 0 Å². The van der Waals surface area contributed by atoms with E-state index in [1.54, 1.807) is 14.0 Å². The van der Waals surface area contributed by atoms with Crippen molar-refractivity contribution in [1.29, 1.82) is 0 Å². The molecule has 8 heteroatoms. The summed E-state index contributed by atoms with van der Waals surface area (Å²) in [5.41, 5.74) is -0.714. The lowest BCUT2D eigenvalue weighted by atomic mass is 9.81. The molecule has 0 radical (unpaired) electrons. The number of urea groups is 1. The molecule has 1 aliphatic heterocycles. The zero-order valence-electron chi connectivity index (χ0n) is 15.4. The minimum atomic E-state index is -0.843. The Hall–Kier alpha value is -2.51. The molecule has 1 saturated heterocycles. The van der Waals surface area contributed by atoms with Gasteiger partial charge in [0.2, 0.25) is 5.91 Å². The van der Waals surface area contributed by atoms with Crippen LogP contribution in [0.3, 0.4) is 0 Å². The van der Waals surface area contributed by atoms with Gasteiger partial charge in [0.1, 0.15) is 23.7 Å². The van der Waals surface area contributed by atoms with Crippen molar-refractivity contribution in [3.63, 3.8) is 0 Å². The minimum absolute atomic E-state index is 0.129. The molecule has 146 valence electrons. The second-order valence-electron chi connectivity index (χ2n) is 7.28. The van der Waals surface area contributed by atoms with Gasteiger partial charge in [-0.1, -0.05) is 25.3 Å². The number of imide groups is 1. The van der Waals surface area contributed by atoms with Crippen LogP contribution in [0.1, 0.15) is 50.6 Å². The molecule has 1 spiro atoms. The summed E-state index contributed by atoms with van der Waals surface area (Å²) < 4.78 is 26.9. The van der Waals surface area contributed by atoms with Crippen molar-refractivity contribution in [3.05, 3.63) is 35.4 Å². The van der Waals surface area contributed by atoms with Crippen LogP contribution in [0.4, 0.5) is 13.6 Å². The van der Waals surface area contributed by atoms with E-state index in [9.17, 15) is 23.2 Å². The second-order valence-corrected chi connectivity index (χ2v) is 7.28. The van der Waals surface area contributed by atoms with Crippen LogP contribution < -0.4 is 5.32 Å². The second kappa shape index (κ2) is 7.25. The normalized spacial score (nSPS) is 20.3. The van der Waals surface area contributed by atoms with Crippen molar-refractivity contribution in [1.82, 2.24) is 15.1 Å². The largest absolute Gasteiger partial charge is 0.348 e. The first kappa shape index (κ1) is 19.3. The van der Waals surface area contributed by atoms with Crippen molar-refractivity contribution in [2.45, 2.75) is 50.6 Å². The van der Waals surface area contributed by atoms with Crippen LogP contribution in [0, 0.1) is 11.6 Å². The van der Waals surface area contributed by atoms with Crippen LogP contribution in [0.2, 0.25) is 0 Å². The van der Waals surface area contributed by atoms with Gasteiger partial charge in [0, 0.05) is 18.7 Å². The summed E-state index contributed by atoms with van der Waals surface area (Å²) in [5.74, 6) is -2.39. The third-order valence-corrected chi connectivity index (χ3v) is 5.59. The summed E-state index contributed by atoms with van der Waals surface area (Å²) in [6.45, 7) is 1.13. The third-order valence-electron chi connectivity index (χ3n) is 5.59. The Morgan fingerprint density at radius 2 is 1.89 bits per heavy atom. The molecule has 2 aliphatic rings. The Bertz CT molecular complexity index is 777. The number of halogens is 2. The van der Waals surface area contributed by atoms with Gasteiger partial charge in [0.25, 0.3) is 5.91 Å². The van der Waals surface area contributed by atoms with Crippen molar-refractivity contribution in [2.24, 2.45) is 0 Å². The molecule has 2 fully saturated rings. The van der Waals surface area contributed by atoms with Gasteiger partial charge in [-0.3, -0.25) is 14.5 Å². The van der Waals surface area contributed by atoms with Crippen LogP contribution >= 0.6 is 0 Å². The highest BCUT2D eigenvalue weighted by molar-refractivity contribution is 6.08. The average molecular weight is 379 g/mol. The third kappa shape index (κ3) is 3.40. The van der Waals surface area contributed by atoms with Crippen LogP contribution in [0.15, 0.2) is 18.2 Å². The predicted octanol–water partition coefficient (Wildman–Crippen LogP) is 2.74. The van der Waals surface area contributed by atoms with E-state index in [-0.39, 0.29) is 11.5 Å². The maximum Gasteiger partial charge on any atom is 0.327 e. The number of nitrogens with zero attached hydrogens (tertiary/aromatic N) is 2. The molecule has 1 N–H and O–H groups in total. The first-order chi connectivity index (χ1) is 12.8. The SMILES string of the molecule is C[C@H](NC(=O)CN1C(=O)N(C)C2(CCCCC2)C1=O)c1ccc(F)cc1F. The molecule has 1 saturated carbocycles. The fourth-order valence-corrected chi connectivity index (χ4v) is 4.03. The van der Waals surface area contributed by atoms with Gasteiger partial charge in [-0.25, -0.2) is 13.6 Å². The predicted molar refractivity (Wildman–Crippen MR) is 93.6 cm³/mol. The Labute approximate surface area is 156 Å². The van der Waals surface area contributed by atoms with Gasteiger partial charge in [0.05, 0.1) is 6.04 Å². The highest BCUT2D eigenvalue weighted by Crippen LogP contribution is 2.39. The van der Waals surface area contributed by atoms with Crippen molar-refractivity contribution in [2.75, 3.05) is 13.6 Å². The lowest BCUT2D eigenvalue weighted by molar-refractivity contribution is -0.137. The summed E-state index contributed by atoms with van der Waals surface area (Å²) in [5, 5.41) is 2.56. The van der Waals surface area contributed by atoms with E-state index in [0.29, 0.717) is 12.8 Å². The Kier molecular flexibility index (Phi) is 5.17. The summed E-state index contributed by atoms with van der Waals surface area (Å²) in [6, 6.07) is 1.89. The minimum Gasteiger partial charge on any atom is -0.348 e. The topological polar surface area (TPSA) is 69.7 Å². The Morgan fingerprint density at radius 1 is 1.22 bits per heavy atom. The van der Waals surface area contributed by atoms with E-state index in [1.807, 2.05) is 0 Å². The van der Waals surface area contributed by atoms with Crippen molar-refractivity contribution < 1.29 is 23.2 Å². The maximum atomic E-state index is 13.9. The lowest BCUT2D eigenvalue weighted by Crippen LogP contribution is -2.49. The Morgan fingerprint density at radius 3 is 2.52 bits per heavy atom. The molecule has 4 amide bonds. The first-order valence-electron chi connectivity index (χ1n) is 9.10. The fourth-order valence-electron chi connectivity index (χ4n) is 4.03. The van der Waals surface area contributed by atoms with Crippen molar-refractivity contribution in [3.8, 4) is 0 Å². The van der Waals surface area contributed by atoms with Gasteiger partial charge in [-0.05, 0) is 25.8 Å². The van der Waals surface area contributed by atoms with Gasteiger partial charge < -0.3 is 10.2 Å². The van der Waals surface area contributed by atoms with Gasteiger partial charge in [0.15, 0.2) is 0 Å². The smallest absolute Gasteiger partial charge is 0.327 e. The van der Waals surface area contributed by atoms with Crippen LogP contribution in [0.5, 0.6) is 0 Å². The number of likely N-dealkylation sites (N-methyl/N-ethyl adjacent to an activating group) is 1. The van der Waals surface area contributed by atoms with E-state index in [4.69, 9.17) is 0 Å². The fraction of sp³-hybridized carbons (Fsp3) is 0.526. The number of hydrogen-bond acceptors (Lipinski definition) is 3. The van der Waals surface area contributed by atoms with E-state index < -0.39 is 41.7 Å². The maximum absolute atomic E-state index is 13.9. The molecule has 1 aromatic rings. The van der Waals surface area contributed by atoms with E-state index in [1.165, 1.54) is 11.0 Å². The van der Waals surface area contributed by atoms with Crippen LogP contribution in [-0.4, -0.2) is 46.8 Å². The molecule has 27 heavy (non-hydrogen) atoms. The number of amides is 4. The number of carbonyl (C=O) groups is 3. The molecule has 1 aromatic carbocycles. The van der Waals surface area contributed by atoms with E-state index in [0.717, 1.165) is 36.3 Å². The number of carbonyl (C=O) groups excluding carboxylic acids is 3. The van der Waals surface area contributed by atoms with E-state index in [2.05, 4.69) is 5.32 Å². The number of rotatable bonds is 4. The molecule has 0 unspecified atom stereocenters. The molecular weight excluding hydrogens is 356 g/mol.